The topological polar surface area (TPSA) is 17.0 Å². The molecule has 62 valence electrons. The molecule has 0 aliphatic heterocycles. The first kappa shape index (κ1) is 8.31. The van der Waals surface area contributed by atoms with E-state index in [0.29, 0.717) is 12.0 Å². The summed E-state index contributed by atoms with van der Waals surface area (Å²) in [6.45, 7) is 8.53. The molecule has 0 N–H and O–H groups in total. The Bertz CT molecular complexity index is 203. The van der Waals surface area contributed by atoms with Crippen LogP contribution in [0.25, 0.3) is 0 Å². The van der Waals surface area contributed by atoms with Gasteiger partial charge < -0.3 is 0 Å². The van der Waals surface area contributed by atoms with Crippen molar-refractivity contribution in [3.63, 3.8) is 0 Å². The van der Waals surface area contributed by atoms with E-state index in [0.717, 1.165) is 0 Å². The molecule has 1 heterocycles. The number of nitrogens with zero attached hydrogens (tertiary/aromatic N) is 1. The van der Waals surface area contributed by atoms with Crippen molar-refractivity contribution in [2.45, 2.75) is 39.7 Å². The maximum atomic E-state index is 5.30. The molecule has 11 heavy (non-hydrogen) atoms. The summed E-state index contributed by atoms with van der Waals surface area (Å²) in [6.07, 6.45) is 3.89. The first-order valence-corrected chi connectivity index (χ1v) is 4.11. The summed E-state index contributed by atoms with van der Waals surface area (Å²) in [5.41, 5.74) is 1.26. The van der Waals surface area contributed by atoms with E-state index >= 15 is 0 Å². The van der Waals surface area contributed by atoms with Crippen molar-refractivity contribution >= 4 is 0 Å². The Morgan fingerprint density at radius 1 is 1.27 bits per heavy atom. The van der Waals surface area contributed by atoms with E-state index in [1.165, 1.54) is 5.56 Å². The highest BCUT2D eigenvalue weighted by atomic mass is 16.5. The summed E-state index contributed by atoms with van der Waals surface area (Å²) in [7, 11) is 0. The van der Waals surface area contributed by atoms with E-state index in [2.05, 4.69) is 33.9 Å². The highest BCUT2D eigenvalue weighted by Crippen LogP contribution is 2.11. The molecule has 0 saturated carbocycles. The van der Waals surface area contributed by atoms with E-state index in [1.807, 2.05) is 11.0 Å². The Balaban J connectivity index is 2.82. The SMILES string of the molecule is CC(C)c1co[n+](C(C)C)c1. The van der Waals surface area contributed by atoms with Crippen LogP contribution in [0.2, 0.25) is 0 Å². The highest BCUT2D eigenvalue weighted by molar-refractivity contribution is 5.02. The average molecular weight is 154 g/mol. The van der Waals surface area contributed by atoms with E-state index in [1.54, 1.807) is 0 Å². The molecule has 0 aliphatic carbocycles. The zero-order valence-electron chi connectivity index (χ0n) is 7.66. The third-order valence-electron chi connectivity index (χ3n) is 1.76. The van der Waals surface area contributed by atoms with Gasteiger partial charge in [0.25, 0.3) is 0 Å². The Hall–Kier alpha value is -0.790. The Morgan fingerprint density at radius 3 is 2.18 bits per heavy atom. The van der Waals surface area contributed by atoms with Gasteiger partial charge in [-0.05, 0) is 10.7 Å². The molecule has 0 unspecified atom stereocenters. The van der Waals surface area contributed by atoms with E-state index in [-0.39, 0.29) is 0 Å². The van der Waals surface area contributed by atoms with Crippen LogP contribution in [-0.4, -0.2) is 0 Å². The molecule has 2 nitrogen and oxygen atoms in total. The molecule has 0 bridgehead atoms. The quantitative estimate of drug-likeness (QED) is 0.597. The summed E-state index contributed by atoms with van der Waals surface area (Å²) in [5, 5.41) is 0. The van der Waals surface area contributed by atoms with Crippen LogP contribution in [0.5, 0.6) is 0 Å². The molecule has 0 spiro atoms. The molecule has 1 aromatic heterocycles. The summed E-state index contributed by atoms with van der Waals surface area (Å²) < 4.78 is 7.17. The highest BCUT2D eigenvalue weighted by Gasteiger charge is 2.14. The van der Waals surface area contributed by atoms with Gasteiger partial charge in [-0.15, -0.1) is 0 Å². The maximum absolute atomic E-state index is 5.30. The molecule has 0 radical (unpaired) electrons. The predicted molar refractivity (Wildman–Crippen MR) is 43.4 cm³/mol. The van der Waals surface area contributed by atoms with Crippen LogP contribution in [0, 0.1) is 0 Å². The van der Waals surface area contributed by atoms with Crippen molar-refractivity contribution in [2.24, 2.45) is 0 Å². The van der Waals surface area contributed by atoms with Gasteiger partial charge >= 0.3 is 0 Å². The van der Waals surface area contributed by atoms with Crippen molar-refractivity contribution in [3.05, 3.63) is 18.0 Å². The summed E-state index contributed by atoms with van der Waals surface area (Å²) in [5.74, 6) is 0.554. The monoisotopic (exact) mass is 154 g/mol. The second kappa shape index (κ2) is 3.07. The minimum absolute atomic E-state index is 0.419. The van der Waals surface area contributed by atoms with Gasteiger partial charge in [0.2, 0.25) is 6.20 Å². The fourth-order valence-electron chi connectivity index (χ4n) is 0.885. The largest absolute Gasteiger partial charge is 0.244 e. The maximum Gasteiger partial charge on any atom is 0.223 e. The number of aromatic nitrogens is 1. The van der Waals surface area contributed by atoms with Crippen LogP contribution in [0.1, 0.15) is 45.2 Å². The molecule has 2 heteroatoms. The second-order valence-electron chi connectivity index (χ2n) is 3.46. The van der Waals surface area contributed by atoms with Crippen LogP contribution in [0.3, 0.4) is 0 Å². The zero-order valence-corrected chi connectivity index (χ0v) is 7.66. The molecule has 1 aromatic rings. The fourth-order valence-corrected chi connectivity index (χ4v) is 0.885. The minimum atomic E-state index is 0.419. The first-order valence-electron chi connectivity index (χ1n) is 4.11. The predicted octanol–water partition coefficient (Wildman–Crippen LogP) is 2.27. The Morgan fingerprint density at radius 2 is 1.91 bits per heavy atom. The van der Waals surface area contributed by atoms with Crippen LogP contribution in [0.4, 0.5) is 0 Å². The van der Waals surface area contributed by atoms with Gasteiger partial charge in [-0.25, -0.2) is 4.52 Å². The zero-order chi connectivity index (χ0) is 8.43. The van der Waals surface area contributed by atoms with Crippen molar-refractivity contribution in [2.75, 3.05) is 0 Å². The lowest BCUT2D eigenvalue weighted by Gasteiger charge is -1.92. The standard InChI is InChI=1S/C9H16NO/c1-7(2)9-5-10(8(3)4)11-6-9/h5-8H,1-4H3/q+1. The molecular weight excluding hydrogens is 138 g/mol. The molecule has 0 atom stereocenters. The van der Waals surface area contributed by atoms with Gasteiger partial charge in [0.05, 0.1) is 5.56 Å². The molecule has 0 aromatic carbocycles. The van der Waals surface area contributed by atoms with Gasteiger partial charge in [0.1, 0.15) is 0 Å². The average Bonchev–Trinajstić information content (AvgIpc) is 2.33. The third kappa shape index (κ3) is 1.82. The molecule has 0 aliphatic rings. The second-order valence-corrected chi connectivity index (χ2v) is 3.46. The van der Waals surface area contributed by atoms with Gasteiger partial charge in [0, 0.05) is 13.8 Å². The van der Waals surface area contributed by atoms with Gasteiger partial charge in [-0.1, -0.05) is 13.8 Å². The lowest BCUT2D eigenvalue weighted by molar-refractivity contribution is -0.878. The van der Waals surface area contributed by atoms with Gasteiger partial charge in [0.15, 0.2) is 12.3 Å². The van der Waals surface area contributed by atoms with Crippen molar-refractivity contribution in [1.82, 2.24) is 0 Å². The van der Waals surface area contributed by atoms with Crippen LogP contribution >= 0.6 is 0 Å². The lowest BCUT2D eigenvalue weighted by atomic mass is 10.1. The number of hydrogen-bond acceptors (Lipinski definition) is 1. The molecule has 0 saturated heterocycles. The summed E-state index contributed by atoms with van der Waals surface area (Å²) >= 11 is 0. The summed E-state index contributed by atoms with van der Waals surface area (Å²) in [6, 6.07) is 0.419. The summed E-state index contributed by atoms with van der Waals surface area (Å²) in [4.78, 5) is 0. The van der Waals surface area contributed by atoms with Crippen LogP contribution in [0.15, 0.2) is 17.0 Å². The molecular formula is C9H16NO+. The number of rotatable bonds is 2. The van der Waals surface area contributed by atoms with Crippen LogP contribution < -0.4 is 4.74 Å². The van der Waals surface area contributed by atoms with Crippen molar-refractivity contribution < 1.29 is 9.26 Å². The van der Waals surface area contributed by atoms with Gasteiger partial charge in [-0.3, -0.25) is 0 Å². The molecule has 0 amide bonds. The van der Waals surface area contributed by atoms with E-state index in [9.17, 15) is 0 Å². The first-order chi connectivity index (χ1) is 5.11. The van der Waals surface area contributed by atoms with Crippen LogP contribution in [-0.2, 0) is 0 Å². The molecule has 1 rings (SSSR count). The Kier molecular flexibility index (Phi) is 2.32. The van der Waals surface area contributed by atoms with E-state index < -0.39 is 0 Å². The van der Waals surface area contributed by atoms with Gasteiger partial charge in [-0.2, -0.15) is 0 Å². The van der Waals surface area contributed by atoms with Crippen molar-refractivity contribution in [3.8, 4) is 0 Å². The van der Waals surface area contributed by atoms with Crippen molar-refractivity contribution in [1.29, 1.82) is 0 Å². The molecule has 0 fully saturated rings. The Labute approximate surface area is 67.8 Å². The van der Waals surface area contributed by atoms with E-state index in [4.69, 9.17) is 4.52 Å². The third-order valence-corrected chi connectivity index (χ3v) is 1.76. The lowest BCUT2D eigenvalue weighted by Crippen LogP contribution is -2.32. The number of hydrogen-bond donors (Lipinski definition) is 0. The smallest absolute Gasteiger partial charge is 0.223 e. The fraction of sp³-hybridized carbons (Fsp3) is 0.667. The normalized spacial score (nSPS) is 11.5. The minimum Gasteiger partial charge on any atom is -0.244 e.